The lowest BCUT2D eigenvalue weighted by Gasteiger charge is -2.44. The Labute approximate surface area is 214 Å². The average molecular weight is 511 g/mol. The molecule has 0 aliphatic heterocycles. The molecule has 1 aliphatic carbocycles. The van der Waals surface area contributed by atoms with Crippen molar-refractivity contribution >= 4 is 11.7 Å². The second kappa shape index (κ2) is 13.5. The Morgan fingerprint density at radius 1 is 1.31 bits per heavy atom. The molecule has 1 aromatic heterocycles. The molecule has 1 amide bonds. The number of nitrogens with two attached hydrogens (primary N) is 3. The summed E-state index contributed by atoms with van der Waals surface area (Å²) in [6.07, 6.45) is 4.38. The molecule has 2 rings (SSSR count). The third kappa shape index (κ3) is 9.48. The summed E-state index contributed by atoms with van der Waals surface area (Å²) in [5.74, 6) is -2.71. The number of carbonyl (C=O) groups excluding carboxylic acids is 1. The number of pyridine rings is 1. The highest BCUT2D eigenvalue weighted by Crippen LogP contribution is 2.44. The third-order valence-electron chi connectivity index (χ3n) is 6.94. The predicted molar refractivity (Wildman–Crippen MR) is 139 cm³/mol. The minimum Gasteiger partial charge on any atom is -0.372 e. The normalized spacial score (nSPS) is 17.4. The number of anilines is 1. The molecule has 7 N–H and O–H groups in total. The number of likely N-dealkylation sites (N-methyl/N-ethyl adjacent to an activating group) is 1. The van der Waals surface area contributed by atoms with Gasteiger partial charge in [-0.3, -0.25) is 4.79 Å². The second-order valence-corrected chi connectivity index (χ2v) is 10.4. The Hall–Kier alpha value is -1.98. The number of nitrogens with zero attached hydrogens (tertiary/aromatic N) is 2. The van der Waals surface area contributed by atoms with Gasteiger partial charge in [-0.15, -0.1) is 0 Å². The van der Waals surface area contributed by atoms with Crippen molar-refractivity contribution in [3.63, 3.8) is 0 Å². The molecular weight excluding hydrogens is 466 g/mol. The van der Waals surface area contributed by atoms with Crippen molar-refractivity contribution in [2.45, 2.75) is 58.7 Å². The average Bonchev–Trinajstić information content (AvgIpc) is 3.65. The third-order valence-corrected chi connectivity index (χ3v) is 6.94. The molecule has 36 heavy (non-hydrogen) atoms. The van der Waals surface area contributed by atoms with Crippen LogP contribution in [-0.2, 0) is 16.1 Å². The second-order valence-electron chi connectivity index (χ2n) is 10.4. The van der Waals surface area contributed by atoms with Gasteiger partial charge in [-0.05, 0) is 56.0 Å². The monoisotopic (exact) mass is 510 g/mol. The molecule has 1 heterocycles. The summed E-state index contributed by atoms with van der Waals surface area (Å²) < 4.78 is 35.4. The van der Waals surface area contributed by atoms with E-state index in [9.17, 15) is 13.6 Å². The zero-order chi connectivity index (χ0) is 26.9. The predicted octanol–water partition coefficient (Wildman–Crippen LogP) is 2.74. The van der Waals surface area contributed by atoms with Crippen LogP contribution in [0.3, 0.4) is 0 Å². The minimum absolute atomic E-state index is 0.0316. The number of hydrogen-bond acceptors (Lipinski definition) is 7. The molecular formula is C26H44F2N6O2. The van der Waals surface area contributed by atoms with E-state index in [-0.39, 0.29) is 43.9 Å². The molecule has 3 atom stereocenters. The van der Waals surface area contributed by atoms with Gasteiger partial charge in [0, 0.05) is 56.7 Å². The maximum absolute atomic E-state index is 14.5. The number of allylic oxidation sites excluding steroid dienone is 1. The molecule has 0 bridgehead atoms. The van der Waals surface area contributed by atoms with Gasteiger partial charge < -0.3 is 32.2 Å². The number of rotatable bonds is 16. The van der Waals surface area contributed by atoms with Gasteiger partial charge >= 0.3 is 0 Å². The van der Waals surface area contributed by atoms with E-state index in [1.54, 1.807) is 18.3 Å². The Morgan fingerprint density at radius 3 is 2.53 bits per heavy atom. The van der Waals surface area contributed by atoms with E-state index in [0.29, 0.717) is 25.5 Å². The first-order valence-electron chi connectivity index (χ1n) is 12.6. The zero-order valence-corrected chi connectivity index (χ0v) is 22.1. The maximum Gasteiger partial charge on any atom is 0.246 e. The summed E-state index contributed by atoms with van der Waals surface area (Å²) in [4.78, 5) is 18.3. The first kappa shape index (κ1) is 30.2. The van der Waals surface area contributed by atoms with Gasteiger partial charge in [0.15, 0.2) is 0 Å². The van der Waals surface area contributed by atoms with Crippen LogP contribution in [0, 0.1) is 17.3 Å². The molecule has 0 aromatic carbocycles. The smallest absolute Gasteiger partial charge is 0.246 e. The van der Waals surface area contributed by atoms with E-state index >= 15 is 0 Å². The van der Waals surface area contributed by atoms with E-state index in [2.05, 4.69) is 10.3 Å². The van der Waals surface area contributed by atoms with Crippen molar-refractivity contribution < 1.29 is 18.3 Å². The zero-order valence-electron chi connectivity index (χ0n) is 22.1. The van der Waals surface area contributed by atoms with Crippen LogP contribution in [-0.4, -0.2) is 67.6 Å². The standard InChI is InChI=1S/C26H44F2N6O2/c1-18(11-20(13-30)14-31)25(2,17-26(3,27)28)22(15-34(4)10-8-29)36-16-19-7-9-32-23(12-19)33-24(35)21-5-6-21/h7,9,11-12,18,21-22H,5-6,8,10,13-17,29-31H2,1-4H3,(H,32,33,35). The van der Waals surface area contributed by atoms with Crippen molar-refractivity contribution in [3.05, 3.63) is 35.5 Å². The fraction of sp³-hybridized carbons (Fsp3) is 0.692. The van der Waals surface area contributed by atoms with Crippen LogP contribution in [0.1, 0.15) is 45.6 Å². The van der Waals surface area contributed by atoms with Crippen molar-refractivity contribution in [1.29, 1.82) is 0 Å². The molecule has 204 valence electrons. The molecule has 8 nitrogen and oxygen atoms in total. The van der Waals surface area contributed by atoms with Crippen molar-refractivity contribution in [2.24, 2.45) is 34.5 Å². The Bertz CT molecular complexity index is 868. The van der Waals surface area contributed by atoms with Crippen LogP contribution in [0.15, 0.2) is 30.0 Å². The van der Waals surface area contributed by atoms with Crippen LogP contribution in [0.25, 0.3) is 0 Å². The number of ether oxygens (including phenoxy) is 1. The number of amides is 1. The summed E-state index contributed by atoms with van der Waals surface area (Å²) in [6, 6.07) is 3.56. The molecule has 0 saturated heterocycles. The molecule has 3 unspecified atom stereocenters. The molecule has 1 saturated carbocycles. The Morgan fingerprint density at radius 2 is 1.97 bits per heavy atom. The fourth-order valence-electron chi connectivity index (χ4n) is 4.45. The Kier molecular flexibility index (Phi) is 11.4. The lowest BCUT2D eigenvalue weighted by molar-refractivity contribution is -0.118. The summed E-state index contributed by atoms with van der Waals surface area (Å²) in [5.41, 5.74) is 18.0. The largest absolute Gasteiger partial charge is 0.372 e. The van der Waals surface area contributed by atoms with Gasteiger partial charge in [-0.2, -0.15) is 0 Å². The van der Waals surface area contributed by atoms with Crippen LogP contribution >= 0.6 is 0 Å². The molecule has 1 aromatic rings. The highest BCUT2D eigenvalue weighted by atomic mass is 19.3. The van der Waals surface area contributed by atoms with Gasteiger partial charge in [0.1, 0.15) is 5.82 Å². The number of halogens is 2. The van der Waals surface area contributed by atoms with Crippen molar-refractivity contribution in [2.75, 3.05) is 45.1 Å². The number of hydrogen-bond donors (Lipinski definition) is 4. The SMILES string of the molecule is CC(C=C(CN)CN)C(C)(CC(C)(F)F)C(CN(C)CCN)OCc1ccnc(NC(=O)C2CC2)c1. The van der Waals surface area contributed by atoms with Crippen molar-refractivity contribution in [3.8, 4) is 0 Å². The summed E-state index contributed by atoms with van der Waals surface area (Å²) in [5, 5.41) is 2.84. The molecule has 1 aliphatic rings. The molecule has 1 fully saturated rings. The van der Waals surface area contributed by atoms with Gasteiger partial charge in [0.25, 0.3) is 0 Å². The minimum atomic E-state index is -2.91. The highest BCUT2D eigenvalue weighted by molar-refractivity contribution is 5.93. The highest BCUT2D eigenvalue weighted by Gasteiger charge is 2.45. The topological polar surface area (TPSA) is 133 Å². The van der Waals surface area contributed by atoms with Gasteiger partial charge in [-0.25, -0.2) is 13.8 Å². The van der Waals surface area contributed by atoms with E-state index in [0.717, 1.165) is 30.9 Å². The van der Waals surface area contributed by atoms with E-state index < -0.39 is 17.4 Å². The van der Waals surface area contributed by atoms with E-state index in [1.165, 1.54) is 0 Å². The molecule has 0 radical (unpaired) electrons. The number of carbonyl (C=O) groups is 1. The first-order chi connectivity index (χ1) is 16.9. The number of aromatic nitrogens is 1. The van der Waals surface area contributed by atoms with Crippen LogP contribution < -0.4 is 22.5 Å². The summed E-state index contributed by atoms with van der Waals surface area (Å²) >= 11 is 0. The summed E-state index contributed by atoms with van der Waals surface area (Å²) in [6.45, 7) is 6.86. The van der Waals surface area contributed by atoms with Gasteiger partial charge in [0.2, 0.25) is 11.8 Å². The quantitative estimate of drug-likeness (QED) is 0.251. The van der Waals surface area contributed by atoms with Crippen LogP contribution in [0.4, 0.5) is 14.6 Å². The lowest BCUT2D eigenvalue weighted by atomic mass is 9.68. The van der Waals surface area contributed by atoms with Gasteiger partial charge in [0.05, 0.1) is 12.7 Å². The summed E-state index contributed by atoms with van der Waals surface area (Å²) in [7, 11) is 1.90. The maximum atomic E-state index is 14.5. The van der Waals surface area contributed by atoms with E-state index in [1.807, 2.05) is 31.9 Å². The lowest BCUT2D eigenvalue weighted by Crippen LogP contribution is -2.49. The van der Waals surface area contributed by atoms with E-state index in [4.69, 9.17) is 21.9 Å². The van der Waals surface area contributed by atoms with Crippen LogP contribution in [0.2, 0.25) is 0 Å². The van der Waals surface area contributed by atoms with Gasteiger partial charge in [-0.1, -0.05) is 19.9 Å². The van der Waals surface area contributed by atoms with Crippen molar-refractivity contribution in [1.82, 2.24) is 9.88 Å². The first-order valence-corrected chi connectivity index (χ1v) is 12.6. The molecule has 10 heteroatoms. The van der Waals surface area contributed by atoms with Crippen LogP contribution in [0.5, 0.6) is 0 Å². The Balaban J connectivity index is 2.31. The number of nitrogens with one attached hydrogen (secondary N) is 1. The molecule has 0 spiro atoms. The fourth-order valence-corrected chi connectivity index (χ4v) is 4.45. The number of alkyl halides is 2.